The molecule has 0 radical (unpaired) electrons. The first-order chi connectivity index (χ1) is 15.8. The van der Waals surface area contributed by atoms with Crippen molar-refractivity contribution in [3.05, 3.63) is 93.5 Å². The Morgan fingerprint density at radius 2 is 1.55 bits per heavy atom. The molecule has 170 valence electrons. The number of fused-ring (bicyclic) bond motifs is 1. The van der Waals surface area contributed by atoms with Gasteiger partial charge in [-0.05, 0) is 67.9 Å². The number of carbonyl (C=O) groups excluding carboxylic acids is 2. The quantitative estimate of drug-likeness (QED) is 0.488. The maximum absolute atomic E-state index is 13.4. The number of amides is 2. The average Bonchev–Trinajstić information content (AvgIpc) is 2.98. The third-order valence-corrected chi connectivity index (χ3v) is 6.19. The fourth-order valence-electron chi connectivity index (χ4n) is 3.95. The molecular formula is C26H25Cl2N3O2. The number of nitrogens with one attached hydrogen (secondary N) is 1. The van der Waals surface area contributed by atoms with E-state index in [1.807, 2.05) is 23.1 Å². The van der Waals surface area contributed by atoms with Crippen molar-refractivity contribution in [2.45, 2.75) is 26.4 Å². The lowest BCUT2D eigenvalue weighted by molar-refractivity contribution is 0.0982. The molecular weight excluding hydrogens is 457 g/mol. The van der Waals surface area contributed by atoms with Crippen LogP contribution in [-0.2, 0) is 6.54 Å². The van der Waals surface area contributed by atoms with Gasteiger partial charge in [0, 0.05) is 58.2 Å². The van der Waals surface area contributed by atoms with Gasteiger partial charge in [-0.15, -0.1) is 0 Å². The molecule has 5 nitrogen and oxygen atoms in total. The summed E-state index contributed by atoms with van der Waals surface area (Å²) in [5, 5.41) is 3.60. The van der Waals surface area contributed by atoms with E-state index in [-0.39, 0.29) is 11.8 Å². The lowest BCUT2D eigenvalue weighted by Gasteiger charge is -2.25. The molecule has 1 heterocycles. The monoisotopic (exact) mass is 481 g/mol. The number of para-hydroxylation sites is 1. The highest BCUT2D eigenvalue weighted by Gasteiger charge is 2.26. The molecule has 1 N–H and O–H groups in total. The zero-order valence-electron chi connectivity index (χ0n) is 18.5. The Bertz CT molecular complexity index is 1160. The highest BCUT2D eigenvalue weighted by Crippen LogP contribution is 2.28. The van der Waals surface area contributed by atoms with Gasteiger partial charge in [0.1, 0.15) is 0 Å². The van der Waals surface area contributed by atoms with Gasteiger partial charge < -0.3 is 10.2 Å². The molecule has 1 aliphatic rings. The van der Waals surface area contributed by atoms with Gasteiger partial charge >= 0.3 is 0 Å². The Hall–Kier alpha value is -2.86. The van der Waals surface area contributed by atoms with Gasteiger partial charge in [-0.2, -0.15) is 0 Å². The number of nitrogens with zero attached hydrogens (tertiary/aromatic N) is 2. The van der Waals surface area contributed by atoms with E-state index in [1.54, 1.807) is 42.5 Å². The third kappa shape index (κ3) is 5.38. The first kappa shape index (κ1) is 23.3. The van der Waals surface area contributed by atoms with Gasteiger partial charge in [0.2, 0.25) is 0 Å². The fraction of sp³-hybridized carbons (Fsp3) is 0.231. The van der Waals surface area contributed by atoms with E-state index in [1.165, 1.54) is 0 Å². The van der Waals surface area contributed by atoms with E-state index in [0.29, 0.717) is 39.4 Å². The normalized spacial score (nSPS) is 14.0. The van der Waals surface area contributed by atoms with Crippen molar-refractivity contribution in [2.75, 3.05) is 23.3 Å². The Balaban J connectivity index is 1.52. The summed E-state index contributed by atoms with van der Waals surface area (Å²) in [5.74, 6) is -0.388. The first-order valence-electron chi connectivity index (χ1n) is 10.8. The number of anilines is 2. The molecule has 2 amide bonds. The summed E-state index contributed by atoms with van der Waals surface area (Å²) in [4.78, 5) is 30.2. The largest absolute Gasteiger partial charge is 0.322 e. The van der Waals surface area contributed by atoms with Crippen LogP contribution in [0, 0.1) is 0 Å². The maximum Gasteiger partial charge on any atom is 0.258 e. The van der Waals surface area contributed by atoms with Gasteiger partial charge in [0.15, 0.2) is 0 Å². The second kappa shape index (κ2) is 9.96. The van der Waals surface area contributed by atoms with Crippen molar-refractivity contribution in [3.63, 3.8) is 0 Å². The van der Waals surface area contributed by atoms with Crippen LogP contribution < -0.4 is 10.2 Å². The Morgan fingerprint density at radius 1 is 0.879 bits per heavy atom. The Labute approximate surface area is 203 Å². The minimum Gasteiger partial charge on any atom is -0.322 e. The Morgan fingerprint density at radius 3 is 2.21 bits per heavy atom. The molecule has 0 spiro atoms. The number of benzene rings is 3. The van der Waals surface area contributed by atoms with Crippen molar-refractivity contribution in [1.29, 1.82) is 0 Å². The molecule has 33 heavy (non-hydrogen) atoms. The first-order valence-corrected chi connectivity index (χ1v) is 11.6. The predicted octanol–water partition coefficient (Wildman–Crippen LogP) is 6.12. The molecule has 0 saturated heterocycles. The van der Waals surface area contributed by atoms with Crippen LogP contribution in [0.15, 0.2) is 66.7 Å². The summed E-state index contributed by atoms with van der Waals surface area (Å²) in [7, 11) is 0. The number of carbonyl (C=O) groups is 2. The van der Waals surface area contributed by atoms with Crippen LogP contribution in [0.1, 0.15) is 40.1 Å². The summed E-state index contributed by atoms with van der Waals surface area (Å²) >= 11 is 12.0. The van der Waals surface area contributed by atoms with Crippen LogP contribution in [-0.4, -0.2) is 35.8 Å². The predicted molar refractivity (Wildman–Crippen MR) is 135 cm³/mol. The summed E-state index contributed by atoms with van der Waals surface area (Å²) in [5.41, 5.74) is 3.59. The van der Waals surface area contributed by atoms with E-state index < -0.39 is 0 Å². The third-order valence-electron chi connectivity index (χ3n) is 5.76. The van der Waals surface area contributed by atoms with Crippen LogP contribution in [0.4, 0.5) is 11.4 Å². The van der Waals surface area contributed by atoms with E-state index >= 15 is 0 Å². The van der Waals surface area contributed by atoms with Gasteiger partial charge in [-0.1, -0.05) is 41.4 Å². The minimum absolute atomic E-state index is 0.0624. The van der Waals surface area contributed by atoms with Gasteiger partial charge in [-0.25, -0.2) is 0 Å². The fourth-order valence-corrected chi connectivity index (χ4v) is 4.47. The molecule has 0 aliphatic carbocycles. The minimum atomic E-state index is -0.325. The molecule has 0 saturated carbocycles. The summed E-state index contributed by atoms with van der Waals surface area (Å²) in [6, 6.07) is 20.0. The highest BCUT2D eigenvalue weighted by molar-refractivity contribution is 6.35. The molecule has 0 bridgehead atoms. The van der Waals surface area contributed by atoms with Crippen LogP contribution >= 0.6 is 23.2 Å². The Kier molecular flexibility index (Phi) is 7.03. The van der Waals surface area contributed by atoms with E-state index in [0.717, 1.165) is 24.3 Å². The molecule has 3 aromatic rings. The standard InChI is InChI=1S/C26H25Cl2N3O2/c1-17(2)30-11-12-31(24-6-4-3-5-19(24)16-30)26(33)18-7-9-23(10-8-18)29-25(32)20-13-21(27)15-22(28)14-20/h3-10,13-15,17H,11-12,16H2,1-2H3,(H,29,32). The second-order valence-electron chi connectivity index (χ2n) is 8.34. The summed E-state index contributed by atoms with van der Waals surface area (Å²) in [6.07, 6.45) is 0. The van der Waals surface area contributed by atoms with Crippen molar-refractivity contribution in [2.24, 2.45) is 0 Å². The number of rotatable bonds is 4. The molecule has 4 rings (SSSR count). The molecule has 1 aliphatic heterocycles. The SMILES string of the molecule is CC(C)N1CCN(C(=O)c2ccc(NC(=O)c3cc(Cl)cc(Cl)c3)cc2)c2ccccc2C1. The van der Waals surface area contributed by atoms with Gasteiger partial charge in [0.05, 0.1) is 0 Å². The van der Waals surface area contributed by atoms with Crippen LogP contribution in [0.5, 0.6) is 0 Å². The zero-order chi connectivity index (χ0) is 23.5. The molecule has 0 fully saturated rings. The molecule has 0 aromatic heterocycles. The van der Waals surface area contributed by atoms with E-state index in [2.05, 4.69) is 30.1 Å². The average molecular weight is 482 g/mol. The van der Waals surface area contributed by atoms with Crippen LogP contribution in [0.3, 0.4) is 0 Å². The molecule has 0 unspecified atom stereocenters. The topological polar surface area (TPSA) is 52.6 Å². The molecule has 0 atom stereocenters. The van der Waals surface area contributed by atoms with Crippen LogP contribution in [0.25, 0.3) is 0 Å². The maximum atomic E-state index is 13.4. The van der Waals surface area contributed by atoms with Crippen molar-refractivity contribution in [1.82, 2.24) is 4.90 Å². The number of hydrogen-bond donors (Lipinski definition) is 1. The smallest absolute Gasteiger partial charge is 0.258 e. The lowest BCUT2D eigenvalue weighted by Crippen LogP contribution is -2.38. The summed E-state index contributed by atoms with van der Waals surface area (Å²) in [6.45, 7) is 6.57. The van der Waals surface area contributed by atoms with Gasteiger partial charge in [0.25, 0.3) is 11.8 Å². The van der Waals surface area contributed by atoms with E-state index in [9.17, 15) is 9.59 Å². The van der Waals surface area contributed by atoms with Gasteiger partial charge in [-0.3, -0.25) is 14.5 Å². The van der Waals surface area contributed by atoms with Crippen molar-refractivity contribution in [3.8, 4) is 0 Å². The van der Waals surface area contributed by atoms with Crippen LogP contribution in [0.2, 0.25) is 10.0 Å². The second-order valence-corrected chi connectivity index (χ2v) is 9.21. The molecule has 3 aromatic carbocycles. The van der Waals surface area contributed by atoms with Crippen molar-refractivity contribution >= 4 is 46.4 Å². The highest BCUT2D eigenvalue weighted by atomic mass is 35.5. The number of hydrogen-bond acceptors (Lipinski definition) is 3. The number of halogens is 2. The van der Waals surface area contributed by atoms with Crippen molar-refractivity contribution < 1.29 is 9.59 Å². The summed E-state index contributed by atoms with van der Waals surface area (Å²) < 4.78 is 0. The molecule has 7 heteroatoms. The lowest BCUT2D eigenvalue weighted by atomic mass is 10.1. The zero-order valence-corrected chi connectivity index (χ0v) is 20.0. The van der Waals surface area contributed by atoms with E-state index in [4.69, 9.17) is 23.2 Å².